The molecule has 1 heterocycles. The minimum absolute atomic E-state index is 0.624. The third kappa shape index (κ3) is 2.23. The first-order valence-corrected chi connectivity index (χ1v) is 6.08. The van der Waals surface area contributed by atoms with E-state index in [-0.39, 0.29) is 0 Å². The lowest BCUT2D eigenvalue weighted by molar-refractivity contribution is 0.353. The fourth-order valence-corrected chi connectivity index (χ4v) is 2.11. The molecule has 0 atom stereocenters. The second-order valence-electron chi connectivity index (χ2n) is 3.93. The summed E-state index contributed by atoms with van der Waals surface area (Å²) in [4.78, 5) is 4.35. The summed E-state index contributed by atoms with van der Waals surface area (Å²) in [5.41, 5.74) is 0. The summed E-state index contributed by atoms with van der Waals surface area (Å²) < 4.78 is 16.2. The monoisotopic (exact) mass is 262 g/mol. The molecule has 0 saturated heterocycles. The van der Waals surface area contributed by atoms with E-state index in [1.165, 1.54) is 0 Å². The Hall–Kier alpha value is -2.17. The van der Waals surface area contributed by atoms with Crippen molar-refractivity contribution in [3.8, 4) is 17.2 Å². The molecule has 2 aromatic rings. The normalized spacial score (nSPS) is 10.3. The third-order valence-corrected chi connectivity index (χ3v) is 2.92. The van der Waals surface area contributed by atoms with Crippen LogP contribution < -0.4 is 19.5 Å². The molecule has 0 aliphatic heterocycles. The van der Waals surface area contributed by atoms with Crippen LogP contribution in [-0.4, -0.2) is 32.9 Å². The van der Waals surface area contributed by atoms with Gasteiger partial charge < -0.3 is 19.5 Å². The molecule has 0 radical (unpaired) electrons. The molecule has 1 N–H and O–H groups in total. The highest BCUT2D eigenvalue weighted by atomic mass is 16.5. The van der Waals surface area contributed by atoms with Gasteiger partial charge in [0.25, 0.3) is 0 Å². The number of anilines is 1. The highest BCUT2D eigenvalue weighted by Gasteiger charge is 2.17. The molecule has 0 bridgehead atoms. The van der Waals surface area contributed by atoms with Crippen molar-refractivity contribution < 1.29 is 14.2 Å². The SMILES string of the molecule is CCNc1nccc2c(OC)cc(OC)c(OC)c12. The largest absolute Gasteiger partial charge is 0.496 e. The lowest BCUT2D eigenvalue weighted by Gasteiger charge is -2.16. The van der Waals surface area contributed by atoms with Gasteiger partial charge in [-0.25, -0.2) is 4.98 Å². The van der Waals surface area contributed by atoms with Gasteiger partial charge in [0.1, 0.15) is 11.6 Å². The maximum absolute atomic E-state index is 5.48. The maximum atomic E-state index is 5.48. The minimum atomic E-state index is 0.624. The van der Waals surface area contributed by atoms with Crippen molar-refractivity contribution in [3.05, 3.63) is 18.3 Å². The predicted octanol–water partition coefficient (Wildman–Crippen LogP) is 2.69. The van der Waals surface area contributed by atoms with Crippen LogP contribution in [0.2, 0.25) is 0 Å². The van der Waals surface area contributed by atoms with E-state index < -0.39 is 0 Å². The molecule has 0 saturated carbocycles. The fraction of sp³-hybridized carbons (Fsp3) is 0.357. The van der Waals surface area contributed by atoms with E-state index >= 15 is 0 Å². The average molecular weight is 262 g/mol. The Balaban J connectivity index is 2.85. The zero-order valence-corrected chi connectivity index (χ0v) is 11.6. The first kappa shape index (κ1) is 13.3. The Labute approximate surface area is 112 Å². The summed E-state index contributed by atoms with van der Waals surface area (Å²) in [6.07, 6.45) is 1.74. The summed E-state index contributed by atoms with van der Waals surface area (Å²) >= 11 is 0. The van der Waals surface area contributed by atoms with Crippen LogP contribution in [0.1, 0.15) is 6.92 Å². The van der Waals surface area contributed by atoms with Gasteiger partial charge in [-0.3, -0.25) is 0 Å². The Bertz CT molecular complexity index is 584. The third-order valence-electron chi connectivity index (χ3n) is 2.92. The number of methoxy groups -OCH3 is 3. The Morgan fingerprint density at radius 2 is 1.84 bits per heavy atom. The summed E-state index contributed by atoms with van der Waals surface area (Å²) in [6.45, 7) is 2.79. The maximum Gasteiger partial charge on any atom is 0.172 e. The zero-order valence-electron chi connectivity index (χ0n) is 11.6. The van der Waals surface area contributed by atoms with Crippen LogP contribution in [0.25, 0.3) is 10.8 Å². The van der Waals surface area contributed by atoms with Gasteiger partial charge in [-0.15, -0.1) is 0 Å². The van der Waals surface area contributed by atoms with Gasteiger partial charge in [-0.2, -0.15) is 0 Å². The molecule has 102 valence electrons. The smallest absolute Gasteiger partial charge is 0.172 e. The summed E-state index contributed by atoms with van der Waals surface area (Å²) in [5, 5.41) is 5.03. The van der Waals surface area contributed by atoms with Crippen molar-refractivity contribution in [2.75, 3.05) is 33.2 Å². The Morgan fingerprint density at radius 1 is 1.11 bits per heavy atom. The first-order valence-electron chi connectivity index (χ1n) is 6.08. The number of nitrogens with zero attached hydrogens (tertiary/aromatic N) is 1. The van der Waals surface area contributed by atoms with Gasteiger partial charge in [0.05, 0.1) is 26.7 Å². The van der Waals surface area contributed by atoms with Gasteiger partial charge in [0.15, 0.2) is 11.5 Å². The van der Waals surface area contributed by atoms with Crippen molar-refractivity contribution in [1.29, 1.82) is 0 Å². The van der Waals surface area contributed by atoms with Gasteiger partial charge in [0.2, 0.25) is 0 Å². The number of rotatable bonds is 5. The molecule has 0 aliphatic carbocycles. The summed E-state index contributed by atoms with van der Waals surface area (Å²) in [6, 6.07) is 3.72. The highest BCUT2D eigenvalue weighted by Crippen LogP contribution is 2.43. The molecule has 5 heteroatoms. The second-order valence-corrected chi connectivity index (χ2v) is 3.93. The Kier molecular flexibility index (Phi) is 3.94. The molecule has 0 fully saturated rings. The van der Waals surface area contributed by atoms with Gasteiger partial charge >= 0.3 is 0 Å². The van der Waals surface area contributed by atoms with E-state index in [1.54, 1.807) is 27.5 Å². The van der Waals surface area contributed by atoms with Crippen LogP contribution in [-0.2, 0) is 0 Å². The quantitative estimate of drug-likeness (QED) is 0.897. The molecule has 19 heavy (non-hydrogen) atoms. The molecule has 1 aromatic carbocycles. The number of aromatic nitrogens is 1. The molecule has 1 aromatic heterocycles. The van der Waals surface area contributed by atoms with E-state index in [2.05, 4.69) is 10.3 Å². The van der Waals surface area contributed by atoms with Crippen molar-refractivity contribution >= 4 is 16.6 Å². The van der Waals surface area contributed by atoms with E-state index in [0.29, 0.717) is 11.5 Å². The number of hydrogen-bond donors (Lipinski definition) is 1. The number of nitrogens with one attached hydrogen (secondary N) is 1. The van der Waals surface area contributed by atoms with Crippen LogP contribution in [0.4, 0.5) is 5.82 Å². The molecule has 0 aliphatic rings. The standard InChI is InChI=1S/C14H18N2O3/c1-5-15-14-12-9(6-7-16-14)10(17-2)8-11(18-3)13(12)19-4/h6-8H,5H2,1-4H3,(H,15,16). The molecule has 2 rings (SSSR count). The molecule has 0 unspecified atom stereocenters. The highest BCUT2D eigenvalue weighted by molar-refractivity contribution is 6.02. The van der Waals surface area contributed by atoms with E-state index in [4.69, 9.17) is 14.2 Å². The summed E-state index contributed by atoms with van der Waals surface area (Å²) in [5.74, 6) is 2.77. The Morgan fingerprint density at radius 3 is 2.42 bits per heavy atom. The molecular formula is C14H18N2O3. The van der Waals surface area contributed by atoms with Crippen molar-refractivity contribution in [2.45, 2.75) is 6.92 Å². The minimum Gasteiger partial charge on any atom is -0.496 e. The number of ether oxygens (including phenoxy) is 3. The van der Waals surface area contributed by atoms with Crippen LogP contribution in [0.3, 0.4) is 0 Å². The van der Waals surface area contributed by atoms with Crippen LogP contribution in [0.5, 0.6) is 17.2 Å². The van der Waals surface area contributed by atoms with Crippen molar-refractivity contribution in [3.63, 3.8) is 0 Å². The number of pyridine rings is 1. The fourth-order valence-electron chi connectivity index (χ4n) is 2.11. The van der Waals surface area contributed by atoms with E-state index in [9.17, 15) is 0 Å². The number of hydrogen-bond acceptors (Lipinski definition) is 5. The molecule has 0 spiro atoms. The van der Waals surface area contributed by atoms with Crippen LogP contribution >= 0.6 is 0 Å². The van der Waals surface area contributed by atoms with E-state index in [1.807, 2.05) is 19.1 Å². The first-order chi connectivity index (χ1) is 9.26. The zero-order chi connectivity index (χ0) is 13.8. The lowest BCUT2D eigenvalue weighted by Crippen LogP contribution is -2.02. The van der Waals surface area contributed by atoms with Gasteiger partial charge in [0, 0.05) is 24.2 Å². The van der Waals surface area contributed by atoms with E-state index in [0.717, 1.165) is 28.9 Å². The predicted molar refractivity (Wildman–Crippen MR) is 75.6 cm³/mol. The second kappa shape index (κ2) is 5.65. The van der Waals surface area contributed by atoms with Gasteiger partial charge in [-0.05, 0) is 13.0 Å². The van der Waals surface area contributed by atoms with Crippen LogP contribution in [0, 0.1) is 0 Å². The van der Waals surface area contributed by atoms with Crippen molar-refractivity contribution in [2.24, 2.45) is 0 Å². The van der Waals surface area contributed by atoms with Crippen molar-refractivity contribution in [1.82, 2.24) is 4.98 Å². The average Bonchev–Trinajstić information content (AvgIpc) is 2.46. The number of benzene rings is 1. The topological polar surface area (TPSA) is 52.6 Å². The number of fused-ring (bicyclic) bond motifs is 1. The van der Waals surface area contributed by atoms with Crippen LogP contribution in [0.15, 0.2) is 18.3 Å². The summed E-state index contributed by atoms with van der Waals surface area (Å²) in [7, 11) is 4.85. The van der Waals surface area contributed by atoms with Gasteiger partial charge in [-0.1, -0.05) is 0 Å². The molecular weight excluding hydrogens is 244 g/mol. The molecule has 0 amide bonds. The molecule has 5 nitrogen and oxygen atoms in total. The lowest BCUT2D eigenvalue weighted by atomic mass is 10.1.